The van der Waals surface area contributed by atoms with Crippen molar-refractivity contribution in [3.8, 4) is 0 Å². The average Bonchev–Trinajstić information content (AvgIpc) is 3.20. The third-order valence-electron chi connectivity index (χ3n) is 6.11. The van der Waals surface area contributed by atoms with Gasteiger partial charge in [-0.15, -0.1) is 0 Å². The molecule has 1 heterocycles. The van der Waals surface area contributed by atoms with Crippen LogP contribution in [0.25, 0.3) is 11.0 Å². The second-order valence-electron chi connectivity index (χ2n) is 8.86. The summed E-state index contributed by atoms with van der Waals surface area (Å²) in [7, 11) is -1.26. The third kappa shape index (κ3) is 6.40. The molecule has 0 fully saturated rings. The van der Waals surface area contributed by atoms with Crippen LogP contribution in [0.2, 0.25) is 0 Å². The highest BCUT2D eigenvalue weighted by Crippen LogP contribution is 2.27. The molecule has 0 saturated carbocycles. The minimum Gasteiger partial charge on any atom is -0.339 e. The normalized spacial score (nSPS) is 12.0. The van der Waals surface area contributed by atoms with Gasteiger partial charge in [0.1, 0.15) is 0 Å². The monoisotopic (exact) mass is 494 g/mol. The Hall–Kier alpha value is -2.93. The molecule has 0 aliphatic heterocycles. The van der Waals surface area contributed by atoms with Gasteiger partial charge < -0.3 is 14.8 Å². The maximum absolute atomic E-state index is 13.4. The SMILES string of the molecule is C=CS(=O)c1cc(Nc2nc3ccc(C(=O)N(CCCC)CCCC)cc3n2CCC)ccc1C. The Morgan fingerprint density at radius 3 is 2.43 bits per heavy atom. The Labute approximate surface area is 211 Å². The van der Waals surface area contributed by atoms with Crippen molar-refractivity contribution in [2.45, 2.75) is 71.2 Å². The molecule has 1 amide bonds. The summed E-state index contributed by atoms with van der Waals surface area (Å²) in [4.78, 5) is 20.9. The molecular formula is C28H38N4O2S. The van der Waals surface area contributed by atoms with Crippen LogP contribution in [0.3, 0.4) is 0 Å². The fourth-order valence-electron chi connectivity index (χ4n) is 4.11. The first-order chi connectivity index (χ1) is 16.9. The number of aryl methyl sites for hydroxylation is 2. The second kappa shape index (κ2) is 12.7. The van der Waals surface area contributed by atoms with Gasteiger partial charge >= 0.3 is 0 Å². The van der Waals surface area contributed by atoms with Crippen LogP contribution >= 0.6 is 0 Å². The van der Waals surface area contributed by atoms with Crippen LogP contribution in [-0.4, -0.2) is 37.7 Å². The van der Waals surface area contributed by atoms with Gasteiger partial charge in [-0.25, -0.2) is 9.19 Å². The number of unbranched alkanes of at least 4 members (excludes halogenated alkanes) is 2. The maximum atomic E-state index is 13.4. The number of nitrogens with zero attached hydrogens (tertiary/aromatic N) is 3. The summed E-state index contributed by atoms with van der Waals surface area (Å²) < 4.78 is 14.5. The van der Waals surface area contributed by atoms with Gasteiger partial charge in [0.2, 0.25) is 5.95 Å². The van der Waals surface area contributed by atoms with Gasteiger partial charge in [-0.1, -0.05) is 46.3 Å². The van der Waals surface area contributed by atoms with Crippen LogP contribution in [0, 0.1) is 6.92 Å². The Morgan fingerprint density at radius 2 is 1.80 bits per heavy atom. The number of carbonyl (C=O) groups is 1. The highest BCUT2D eigenvalue weighted by Gasteiger charge is 2.18. The summed E-state index contributed by atoms with van der Waals surface area (Å²) in [5, 5.41) is 4.85. The number of rotatable bonds is 13. The van der Waals surface area contributed by atoms with Crippen molar-refractivity contribution in [1.82, 2.24) is 14.5 Å². The fraction of sp³-hybridized carbons (Fsp3) is 0.429. The van der Waals surface area contributed by atoms with Crippen LogP contribution in [0.4, 0.5) is 11.6 Å². The molecule has 0 radical (unpaired) electrons. The standard InChI is InChI=1S/C28H38N4O2S/c1-6-10-17-31(18-11-7-2)27(33)22-13-15-24-25(19-22)32(16-8-3)28(30-24)29-23-14-12-21(5)26(20-23)35(34)9-4/h9,12-15,19-20H,4,6-8,10-11,16-18H2,1-3,5H3,(H,29,30). The molecule has 2 aromatic carbocycles. The van der Waals surface area contributed by atoms with E-state index in [1.165, 1.54) is 5.41 Å². The van der Waals surface area contributed by atoms with Crippen molar-refractivity contribution in [1.29, 1.82) is 0 Å². The lowest BCUT2D eigenvalue weighted by atomic mass is 10.1. The van der Waals surface area contributed by atoms with Crippen LogP contribution in [0.5, 0.6) is 0 Å². The molecule has 1 aromatic heterocycles. The number of anilines is 2. The van der Waals surface area contributed by atoms with Crippen molar-refractivity contribution in [2.24, 2.45) is 0 Å². The highest BCUT2D eigenvalue weighted by molar-refractivity contribution is 7.88. The van der Waals surface area contributed by atoms with Crippen LogP contribution < -0.4 is 5.32 Å². The Morgan fingerprint density at radius 1 is 1.09 bits per heavy atom. The van der Waals surface area contributed by atoms with Gasteiger partial charge in [-0.2, -0.15) is 0 Å². The molecule has 3 rings (SSSR count). The van der Waals surface area contributed by atoms with E-state index in [0.29, 0.717) is 11.5 Å². The van der Waals surface area contributed by atoms with Gasteiger partial charge in [-0.3, -0.25) is 4.79 Å². The van der Waals surface area contributed by atoms with E-state index in [9.17, 15) is 9.00 Å². The molecule has 1 unspecified atom stereocenters. The smallest absolute Gasteiger partial charge is 0.253 e. The van der Waals surface area contributed by atoms with Gasteiger partial charge in [-0.05, 0) is 62.1 Å². The number of aromatic nitrogens is 2. The van der Waals surface area contributed by atoms with Crippen molar-refractivity contribution in [2.75, 3.05) is 18.4 Å². The lowest BCUT2D eigenvalue weighted by Crippen LogP contribution is -2.32. The lowest BCUT2D eigenvalue weighted by Gasteiger charge is -2.22. The second-order valence-corrected chi connectivity index (χ2v) is 10.2. The summed E-state index contributed by atoms with van der Waals surface area (Å²) in [5.41, 5.74) is 4.25. The first-order valence-corrected chi connectivity index (χ1v) is 13.8. The molecule has 6 nitrogen and oxygen atoms in total. The number of fused-ring (bicyclic) bond motifs is 1. The van der Waals surface area contributed by atoms with Crippen LogP contribution in [0.15, 0.2) is 53.3 Å². The zero-order valence-electron chi connectivity index (χ0n) is 21.5. The molecule has 0 aliphatic rings. The average molecular weight is 495 g/mol. The molecule has 0 saturated heterocycles. The lowest BCUT2D eigenvalue weighted by molar-refractivity contribution is 0.0751. The summed E-state index contributed by atoms with van der Waals surface area (Å²) in [6, 6.07) is 11.6. The minimum atomic E-state index is -1.26. The van der Waals surface area contributed by atoms with Crippen LogP contribution in [-0.2, 0) is 17.3 Å². The summed E-state index contributed by atoms with van der Waals surface area (Å²) in [6.07, 6.45) is 5.07. The maximum Gasteiger partial charge on any atom is 0.253 e. The molecule has 0 bridgehead atoms. The van der Waals surface area contributed by atoms with Crippen molar-refractivity contribution in [3.63, 3.8) is 0 Å². The predicted octanol–water partition coefficient (Wildman–Crippen LogP) is 6.79. The number of nitrogens with one attached hydrogen (secondary N) is 1. The summed E-state index contributed by atoms with van der Waals surface area (Å²) >= 11 is 0. The first-order valence-electron chi connectivity index (χ1n) is 12.6. The van der Waals surface area contributed by atoms with Crippen molar-refractivity contribution < 1.29 is 9.00 Å². The quantitative estimate of drug-likeness (QED) is 0.284. The third-order valence-corrected chi connectivity index (χ3v) is 7.28. The molecule has 1 N–H and O–H groups in total. The molecule has 0 aliphatic carbocycles. The van der Waals surface area contributed by atoms with E-state index < -0.39 is 10.8 Å². The van der Waals surface area contributed by atoms with E-state index in [2.05, 4.69) is 37.2 Å². The Balaban J connectivity index is 1.97. The number of carbonyl (C=O) groups excluding carboxylic acids is 1. The predicted molar refractivity (Wildman–Crippen MR) is 147 cm³/mol. The minimum absolute atomic E-state index is 0.0858. The molecule has 188 valence electrons. The van der Waals surface area contributed by atoms with Crippen molar-refractivity contribution in [3.05, 3.63) is 59.5 Å². The number of imidazole rings is 1. The number of hydrogen-bond acceptors (Lipinski definition) is 4. The largest absolute Gasteiger partial charge is 0.339 e. The summed E-state index contributed by atoms with van der Waals surface area (Å²) in [6.45, 7) is 14.4. The van der Waals surface area contributed by atoms with E-state index in [4.69, 9.17) is 4.98 Å². The fourth-order valence-corrected chi connectivity index (χ4v) is 4.92. The van der Waals surface area contributed by atoms with E-state index in [1.807, 2.05) is 48.2 Å². The van der Waals surface area contributed by atoms with E-state index >= 15 is 0 Å². The van der Waals surface area contributed by atoms with E-state index in [0.717, 1.165) is 78.9 Å². The van der Waals surface area contributed by atoms with Crippen LogP contribution in [0.1, 0.15) is 68.8 Å². The molecule has 3 aromatic rings. The first kappa shape index (κ1) is 26.7. The topological polar surface area (TPSA) is 67.2 Å². The molecule has 35 heavy (non-hydrogen) atoms. The Bertz CT molecular complexity index is 1190. The highest BCUT2D eigenvalue weighted by atomic mass is 32.2. The number of hydrogen-bond donors (Lipinski definition) is 1. The number of benzene rings is 2. The Kier molecular flexibility index (Phi) is 9.66. The van der Waals surface area contributed by atoms with Gasteiger partial charge in [0.15, 0.2) is 0 Å². The molecule has 7 heteroatoms. The van der Waals surface area contributed by atoms with Gasteiger partial charge in [0.25, 0.3) is 5.91 Å². The zero-order chi connectivity index (χ0) is 25.4. The molecule has 1 atom stereocenters. The number of amides is 1. The van der Waals surface area contributed by atoms with E-state index in [-0.39, 0.29) is 5.91 Å². The van der Waals surface area contributed by atoms with E-state index in [1.54, 1.807) is 0 Å². The summed E-state index contributed by atoms with van der Waals surface area (Å²) in [5.74, 6) is 0.794. The van der Waals surface area contributed by atoms with Gasteiger partial charge in [0.05, 0.1) is 21.8 Å². The molecular weight excluding hydrogens is 456 g/mol. The van der Waals surface area contributed by atoms with Gasteiger partial charge in [0, 0.05) is 41.2 Å². The molecule has 0 spiro atoms. The van der Waals surface area contributed by atoms with Crippen molar-refractivity contribution >= 4 is 39.4 Å². The zero-order valence-corrected chi connectivity index (χ0v) is 22.3.